The molecule has 0 spiro atoms. The Morgan fingerprint density at radius 3 is 2.19 bits per heavy atom. The fourth-order valence-electron chi connectivity index (χ4n) is 3.66. The number of hydrogen-bond acceptors (Lipinski definition) is 4. The minimum atomic E-state index is -5.89. The number of alkyl halides is 5. The van der Waals surface area contributed by atoms with E-state index in [4.69, 9.17) is 0 Å². The lowest BCUT2D eigenvalue weighted by atomic mass is 9.83. The summed E-state index contributed by atoms with van der Waals surface area (Å²) in [5.41, 5.74) is -4.50. The molecule has 6 nitrogen and oxygen atoms in total. The number of fused-ring (bicyclic) bond motifs is 2. The summed E-state index contributed by atoms with van der Waals surface area (Å²) in [4.78, 5) is 7.82. The SMILES string of the molecule is O=[N+]([O-])C(F)(F)C1(C(F)(F)F)C2C=CC(C2)N1S(=O)(=O)c1ccccc1. The highest BCUT2D eigenvalue weighted by molar-refractivity contribution is 7.89. The highest BCUT2D eigenvalue weighted by Crippen LogP contribution is 2.61. The zero-order chi connectivity index (χ0) is 19.5. The molecule has 3 atom stereocenters. The molecule has 142 valence electrons. The van der Waals surface area contributed by atoms with Gasteiger partial charge in [0.2, 0.25) is 10.0 Å². The monoisotopic (exact) mass is 398 g/mol. The first-order valence-corrected chi connectivity index (χ1v) is 8.69. The maximum Gasteiger partial charge on any atom is 0.540 e. The molecule has 26 heavy (non-hydrogen) atoms. The van der Waals surface area contributed by atoms with E-state index in [2.05, 4.69) is 0 Å². The van der Waals surface area contributed by atoms with Crippen LogP contribution in [0, 0.1) is 16.0 Å². The maximum atomic E-state index is 14.4. The Labute approximate surface area is 144 Å². The molecule has 0 N–H and O–H groups in total. The highest BCUT2D eigenvalue weighted by Gasteiger charge is 2.88. The fraction of sp³-hybridized carbons (Fsp3) is 0.429. The van der Waals surface area contributed by atoms with E-state index in [1.807, 2.05) is 0 Å². The van der Waals surface area contributed by atoms with Gasteiger partial charge in [0.15, 0.2) is 0 Å². The van der Waals surface area contributed by atoms with Gasteiger partial charge in [0.05, 0.1) is 9.82 Å². The van der Waals surface area contributed by atoms with Crippen LogP contribution in [0.1, 0.15) is 6.42 Å². The predicted octanol–water partition coefficient (Wildman–Crippen LogP) is 2.81. The van der Waals surface area contributed by atoms with E-state index in [1.165, 1.54) is 18.2 Å². The Kier molecular flexibility index (Phi) is 3.93. The molecule has 0 aromatic heterocycles. The normalized spacial score (nSPS) is 29.3. The van der Waals surface area contributed by atoms with E-state index >= 15 is 0 Å². The first-order chi connectivity index (χ1) is 11.9. The molecule has 1 saturated heterocycles. The Morgan fingerprint density at radius 2 is 1.69 bits per heavy atom. The molecular weight excluding hydrogens is 387 g/mol. The summed E-state index contributed by atoms with van der Waals surface area (Å²) in [7, 11) is -5.10. The predicted molar refractivity (Wildman–Crippen MR) is 77.2 cm³/mol. The molecule has 2 bridgehead atoms. The van der Waals surface area contributed by atoms with Crippen molar-refractivity contribution >= 4 is 10.0 Å². The summed E-state index contributed by atoms with van der Waals surface area (Å²) in [6, 6.07) is -1.46. The summed E-state index contributed by atoms with van der Waals surface area (Å²) in [6.45, 7) is 0. The van der Waals surface area contributed by atoms with Crippen LogP contribution in [0.4, 0.5) is 22.0 Å². The molecule has 0 radical (unpaired) electrons. The Hall–Kier alpha value is -2.08. The van der Waals surface area contributed by atoms with Gasteiger partial charge in [0, 0.05) is 12.0 Å². The topological polar surface area (TPSA) is 80.5 Å². The molecular formula is C14H11F5N2O4S. The third kappa shape index (κ3) is 2.14. The lowest BCUT2D eigenvalue weighted by molar-refractivity contribution is -0.673. The van der Waals surface area contributed by atoms with Crippen LogP contribution in [0.25, 0.3) is 0 Å². The zero-order valence-corrected chi connectivity index (χ0v) is 13.5. The Balaban J connectivity index is 2.33. The Morgan fingerprint density at radius 1 is 1.12 bits per heavy atom. The van der Waals surface area contributed by atoms with Crippen LogP contribution in [0.3, 0.4) is 0 Å². The number of nitrogens with zero attached hydrogens (tertiary/aromatic N) is 2. The molecule has 1 heterocycles. The van der Waals surface area contributed by atoms with E-state index in [9.17, 15) is 40.5 Å². The van der Waals surface area contributed by atoms with Crippen LogP contribution in [0.15, 0.2) is 47.4 Å². The zero-order valence-electron chi connectivity index (χ0n) is 12.7. The minimum Gasteiger partial charge on any atom is -0.259 e. The van der Waals surface area contributed by atoms with E-state index in [-0.39, 0.29) is 0 Å². The fourth-order valence-corrected chi connectivity index (χ4v) is 5.63. The molecule has 0 amide bonds. The molecule has 1 aliphatic carbocycles. The highest BCUT2D eigenvalue weighted by atomic mass is 32.2. The quantitative estimate of drug-likeness (QED) is 0.257. The summed E-state index contributed by atoms with van der Waals surface area (Å²) < 4.78 is 95.7. The van der Waals surface area contributed by atoms with Crippen molar-refractivity contribution in [2.75, 3.05) is 0 Å². The van der Waals surface area contributed by atoms with Crippen molar-refractivity contribution in [1.82, 2.24) is 4.31 Å². The van der Waals surface area contributed by atoms with Crippen molar-refractivity contribution < 1.29 is 35.3 Å². The van der Waals surface area contributed by atoms with E-state index < -0.39 is 60.3 Å². The van der Waals surface area contributed by atoms with Gasteiger partial charge in [-0.3, -0.25) is 10.1 Å². The largest absolute Gasteiger partial charge is 0.540 e. The maximum absolute atomic E-state index is 14.4. The van der Waals surface area contributed by atoms with Gasteiger partial charge >= 0.3 is 12.2 Å². The van der Waals surface area contributed by atoms with Crippen molar-refractivity contribution in [3.8, 4) is 0 Å². The number of rotatable bonds is 4. The molecule has 12 heteroatoms. The average Bonchev–Trinajstić information content (AvgIpc) is 3.14. The smallest absolute Gasteiger partial charge is 0.259 e. The van der Waals surface area contributed by atoms with Crippen molar-refractivity contribution in [3.05, 3.63) is 52.6 Å². The minimum absolute atomic E-state index is 0.428. The van der Waals surface area contributed by atoms with Crippen LogP contribution in [-0.2, 0) is 10.0 Å². The first kappa shape index (κ1) is 18.7. The number of hydrogen-bond donors (Lipinski definition) is 0. The van der Waals surface area contributed by atoms with Crippen LogP contribution in [0.2, 0.25) is 0 Å². The average molecular weight is 398 g/mol. The summed E-state index contributed by atoms with van der Waals surface area (Å²) in [6.07, 6.45) is -4.69. The number of halogens is 5. The van der Waals surface area contributed by atoms with Crippen LogP contribution >= 0.6 is 0 Å². The third-order valence-corrected chi connectivity index (χ3v) is 6.61. The second-order valence-electron chi connectivity index (χ2n) is 5.97. The van der Waals surface area contributed by atoms with E-state index in [0.717, 1.165) is 24.3 Å². The van der Waals surface area contributed by atoms with Crippen molar-refractivity contribution in [2.24, 2.45) is 5.92 Å². The van der Waals surface area contributed by atoms with E-state index in [1.54, 1.807) is 0 Å². The molecule has 1 aliphatic heterocycles. The molecule has 1 aromatic rings. The van der Waals surface area contributed by atoms with Crippen LogP contribution < -0.4 is 0 Å². The Bertz CT molecular complexity index is 871. The second-order valence-corrected chi connectivity index (χ2v) is 7.79. The number of benzene rings is 1. The van der Waals surface area contributed by atoms with Crippen molar-refractivity contribution in [3.63, 3.8) is 0 Å². The van der Waals surface area contributed by atoms with Gasteiger partial charge < -0.3 is 0 Å². The summed E-state index contributed by atoms with van der Waals surface area (Å²) >= 11 is 0. The lowest BCUT2D eigenvalue weighted by Gasteiger charge is -2.43. The van der Waals surface area contributed by atoms with Gasteiger partial charge in [-0.05, 0) is 18.6 Å². The summed E-state index contributed by atoms with van der Waals surface area (Å²) in [5.74, 6) is -2.08. The lowest BCUT2D eigenvalue weighted by Crippen LogP contribution is -2.73. The van der Waals surface area contributed by atoms with Crippen LogP contribution in [-0.4, -0.2) is 41.4 Å². The molecule has 0 saturated carbocycles. The molecule has 1 fully saturated rings. The first-order valence-electron chi connectivity index (χ1n) is 7.25. The van der Waals surface area contributed by atoms with Gasteiger partial charge in [0.25, 0.3) is 5.54 Å². The second kappa shape index (κ2) is 5.46. The number of sulfonamides is 1. The van der Waals surface area contributed by atoms with Crippen LogP contribution in [0.5, 0.6) is 0 Å². The van der Waals surface area contributed by atoms with Crippen molar-refractivity contribution in [2.45, 2.75) is 35.1 Å². The van der Waals surface area contributed by atoms with Gasteiger partial charge in [-0.25, -0.2) is 8.42 Å². The molecule has 2 aliphatic rings. The van der Waals surface area contributed by atoms with Crippen molar-refractivity contribution in [1.29, 1.82) is 0 Å². The van der Waals surface area contributed by atoms with Gasteiger partial charge in [-0.2, -0.15) is 17.5 Å². The number of nitro groups is 1. The van der Waals surface area contributed by atoms with Gasteiger partial charge in [-0.15, -0.1) is 8.78 Å². The molecule has 3 unspecified atom stereocenters. The molecule has 1 aromatic carbocycles. The van der Waals surface area contributed by atoms with E-state index in [0.29, 0.717) is 0 Å². The van der Waals surface area contributed by atoms with Gasteiger partial charge in [-0.1, -0.05) is 30.4 Å². The third-order valence-electron chi connectivity index (χ3n) is 4.67. The van der Waals surface area contributed by atoms with Gasteiger partial charge in [0.1, 0.15) is 0 Å². The molecule has 3 rings (SSSR count). The standard InChI is InChI=1S/C14H11F5N2O4S/c15-13(16,17)12(14(18,19)21(22)23)9-6-7-10(8-9)20(12)26(24,25)11-4-2-1-3-5-11/h1-7,9-10H,8H2. The summed E-state index contributed by atoms with van der Waals surface area (Å²) in [5, 5.41) is 10.9.